The zero-order valence-electron chi connectivity index (χ0n) is 14.4. The highest BCUT2D eigenvalue weighted by Crippen LogP contribution is 2.45. The minimum atomic E-state index is -4.81. The number of hydrogen-bond acceptors (Lipinski definition) is 8. The summed E-state index contributed by atoms with van der Waals surface area (Å²) in [5.74, 6) is 0.218. The lowest BCUT2D eigenvalue weighted by molar-refractivity contribution is -0.651. The number of phosphoric ester groups is 1. The molecule has 3 heterocycles. The van der Waals surface area contributed by atoms with Crippen LogP contribution in [0.15, 0.2) is 12.7 Å². The molecule has 5 N–H and O–H groups in total. The first-order valence-corrected chi connectivity index (χ1v) is 11.3. The minimum Gasteiger partial charge on any atom is -0.368 e. The van der Waals surface area contributed by atoms with E-state index in [9.17, 15) is 14.0 Å². The van der Waals surface area contributed by atoms with Crippen molar-refractivity contribution >= 4 is 32.4 Å². The Morgan fingerprint density at radius 3 is 2.74 bits per heavy atom. The van der Waals surface area contributed by atoms with Gasteiger partial charge in [-0.2, -0.15) is 0 Å². The standard InChI is InChI=1S/C12H19N5O8P2/c1-16-5-15-11(13)10-12(16)17(6-14-10)9-3-7(25-27(20,21)22)8(24-9)4-23-26(2,18)19/h5-9,13H,3-4H2,1-2H3,(H3,18,19,20,21,22)/p+1. The summed E-state index contributed by atoms with van der Waals surface area (Å²) in [6.07, 6.45) is 0.236. The van der Waals surface area contributed by atoms with Gasteiger partial charge in [-0.3, -0.25) is 9.09 Å². The van der Waals surface area contributed by atoms with Gasteiger partial charge in [-0.05, 0) is 0 Å². The van der Waals surface area contributed by atoms with Crippen molar-refractivity contribution in [2.75, 3.05) is 19.0 Å². The third-order valence-corrected chi connectivity index (χ3v) is 5.13. The van der Waals surface area contributed by atoms with Crippen LogP contribution >= 0.6 is 15.4 Å². The molecule has 0 aromatic carbocycles. The summed E-state index contributed by atoms with van der Waals surface area (Å²) >= 11 is 0. The van der Waals surface area contributed by atoms with E-state index in [1.807, 2.05) is 0 Å². The molecule has 150 valence electrons. The second-order valence-electron chi connectivity index (χ2n) is 6.16. The van der Waals surface area contributed by atoms with Gasteiger partial charge in [-0.15, -0.1) is 0 Å². The van der Waals surface area contributed by atoms with Crippen LogP contribution in [0.4, 0.5) is 5.82 Å². The number of anilines is 1. The number of rotatable bonds is 6. The van der Waals surface area contributed by atoms with Gasteiger partial charge >= 0.3 is 15.4 Å². The molecule has 27 heavy (non-hydrogen) atoms. The van der Waals surface area contributed by atoms with Gasteiger partial charge in [0, 0.05) is 13.1 Å². The van der Waals surface area contributed by atoms with Crippen molar-refractivity contribution < 1.29 is 42.2 Å². The number of nitrogens with two attached hydrogens (primary N) is 1. The molecule has 0 bridgehead atoms. The number of imidazole rings is 1. The summed E-state index contributed by atoms with van der Waals surface area (Å²) in [7, 11) is -6.89. The van der Waals surface area contributed by atoms with Gasteiger partial charge in [0.1, 0.15) is 12.2 Å². The normalized spacial score (nSPS) is 25.7. The van der Waals surface area contributed by atoms with E-state index in [2.05, 4.69) is 9.97 Å². The van der Waals surface area contributed by atoms with Gasteiger partial charge in [-0.1, -0.05) is 4.98 Å². The Morgan fingerprint density at radius 2 is 2.11 bits per heavy atom. The van der Waals surface area contributed by atoms with Gasteiger partial charge in [0.25, 0.3) is 5.65 Å². The topological polar surface area (TPSA) is 183 Å². The van der Waals surface area contributed by atoms with Crippen molar-refractivity contribution in [1.29, 1.82) is 0 Å². The molecule has 0 amide bonds. The van der Waals surface area contributed by atoms with Crippen LogP contribution in [-0.2, 0) is 30.0 Å². The predicted molar refractivity (Wildman–Crippen MR) is 90.3 cm³/mol. The molecular weight excluding hydrogens is 404 g/mol. The number of ether oxygens (including phenoxy) is 1. The molecule has 2 aromatic rings. The van der Waals surface area contributed by atoms with Gasteiger partial charge in [0.15, 0.2) is 18.1 Å². The fourth-order valence-corrected chi connectivity index (χ4v) is 3.88. The monoisotopic (exact) mass is 424 g/mol. The summed E-state index contributed by atoms with van der Waals surface area (Å²) in [4.78, 5) is 35.8. The molecule has 4 atom stereocenters. The van der Waals surface area contributed by atoms with E-state index < -0.39 is 33.9 Å². The van der Waals surface area contributed by atoms with E-state index in [-0.39, 0.29) is 18.8 Å². The number of aryl methyl sites for hydroxylation is 1. The Bertz CT molecular complexity index is 939. The largest absolute Gasteiger partial charge is 0.469 e. The lowest BCUT2D eigenvalue weighted by Gasteiger charge is -2.19. The SMILES string of the molecule is C[n+]1cnc(N)c2ncn(C3CC(OP(=O)(O)O)C(COP(C)(=O)O)O3)c21. The first-order chi connectivity index (χ1) is 12.4. The van der Waals surface area contributed by atoms with E-state index in [4.69, 9.17) is 29.3 Å². The van der Waals surface area contributed by atoms with E-state index in [0.717, 1.165) is 6.66 Å². The van der Waals surface area contributed by atoms with Crippen molar-refractivity contribution in [1.82, 2.24) is 14.5 Å². The molecule has 0 aliphatic carbocycles. The fraction of sp³-hybridized carbons (Fsp3) is 0.583. The van der Waals surface area contributed by atoms with Crippen LogP contribution in [0, 0.1) is 0 Å². The smallest absolute Gasteiger partial charge is 0.368 e. The van der Waals surface area contributed by atoms with Crippen LogP contribution in [0.3, 0.4) is 0 Å². The molecule has 4 unspecified atom stereocenters. The molecular formula is C12H20N5O8P2+. The second-order valence-corrected chi connectivity index (χ2v) is 9.22. The highest BCUT2D eigenvalue weighted by atomic mass is 31.2. The number of phosphoric acid groups is 1. The fourth-order valence-electron chi connectivity index (χ4n) is 2.88. The zero-order valence-corrected chi connectivity index (χ0v) is 16.2. The first-order valence-electron chi connectivity index (χ1n) is 7.75. The number of hydrogen-bond donors (Lipinski definition) is 4. The molecule has 1 fully saturated rings. The summed E-state index contributed by atoms with van der Waals surface area (Å²) in [5.41, 5.74) is 6.83. The molecule has 3 rings (SSSR count). The maximum Gasteiger partial charge on any atom is 0.469 e. The van der Waals surface area contributed by atoms with E-state index >= 15 is 0 Å². The van der Waals surface area contributed by atoms with Gasteiger partial charge in [0.2, 0.25) is 12.1 Å². The van der Waals surface area contributed by atoms with E-state index in [1.54, 1.807) is 16.2 Å². The summed E-state index contributed by atoms with van der Waals surface area (Å²) in [5, 5.41) is 0. The molecule has 13 nitrogen and oxygen atoms in total. The van der Waals surface area contributed by atoms with Crippen molar-refractivity contribution in [3.63, 3.8) is 0 Å². The molecule has 0 radical (unpaired) electrons. The highest BCUT2D eigenvalue weighted by Gasteiger charge is 2.43. The Balaban J connectivity index is 1.90. The van der Waals surface area contributed by atoms with Crippen LogP contribution in [0.5, 0.6) is 0 Å². The third kappa shape index (κ3) is 4.71. The number of fused-ring (bicyclic) bond motifs is 1. The Kier molecular flexibility index (Phi) is 5.41. The minimum absolute atomic E-state index is 0.0479. The quantitative estimate of drug-likeness (QED) is 0.344. The molecule has 1 aliphatic rings. The second kappa shape index (κ2) is 7.19. The summed E-state index contributed by atoms with van der Waals surface area (Å²) in [6, 6.07) is 0. The van der Waals surface area contributed by atoms with E-state index in [1.165, 1.54) is 12.7 Å². The number of aromatic nitrogens is 4. The van der Waals surface area contributed by atoms with Crippen LogP contribution in [0.2, 0.25) is 0 Å². The van der Waals surface area contributed by atoms with E-state index in [0.29, 0.717) is 11.2 Å². The number of nitrogen functional groups attached to an aromatic ring is 1. The average molecular weight is 424 g/mol. The Hall–Kier alpha value is -1.43. The van der Waals surface area contributed by atoms with Crippen LogP contribution in [-0.4, -0.2) is 54.7 Å². The first kappa shape index (κ1) is 20.3. The van der Waals surface area contributed by atoms with Crippen molar-refractivity contribution in [3.05, 3.63) is 12.7 Å². The molecule has 15 heteroatoms. The molecule has 1 saturated heterocycles. The molecule has 0 spiro atoms. The highest BCUT2D eigenvalue weighted by molar-refractivity contribution is 7.51. The lowest BCUT2D eigenvalue weighted by atomic mass is 10.2. The summed E-state index contributed by atoms with van der Waals surface area (Å²) in [6.45, 7) is 0.616. The Morgan fingerprint density at radius 1 is 1.41 bits per heavy atom. The predicted octanol–water partition coefficient (Wildman–Crippen LogP) is -0.565. The number of nitrogens with zero attached hydrogens (tertiary/aromatic N) is 4. The molecule has 2 aromatic heterocycles. The zero-order chi connectivity index (χ0) is 20.0. The van der Waals surface area contributed by atoms with Gasteiger partial charge < -0.3 is 29.7 Å². The third-order valence-electron chi connectivity index (χ3n) is 3.96. The van der Waals surface area contributed by atoms with Crippen molar-refractivity contribution in [3.8, 4) is 0 Å². The van der Waals surface area contributed by atoms with Gasteiger partial charge in [-0.25, -0.2) is 18.7 Å². The van der Waals surface area contributed by atoms with Gasteiger partial charge in [0.05, 0.1) is 13.7 Å². The average Bonchev–Trinajstić information content (AvgIpc) is 3.11. The molecule has 0 saturated carbocycles. The van der Waals surface area contributed by atoms with Crippen molar-refractivity contribution in [2.24, 2.45) is 7.05 Å². The summed E-state index contributed by atoms with van der Waals surface area (Å²) < 4.78 is 41.3. The maximum absolute atomic E-state index is 11.4. The van der Waals surface area contributed by atoms with Crippen LogP contribution in [0.1, 0.15) is 12.6 Å². The molecule has 1 aliphatic heterocycles. The lowest BCUT2D eigenvalue weighted by Crippen LogP contribution is -2.32. The van der Waals surface area contributed by atoms with Crippen LogP contribution < -0.4 is 10.3 Å². The van der Waals surface area contributed by atoms with Crippen molar-refractivity contribution in [2.45, 2.75) is 24.9 Å². The van der Waals surface area contributed by atoms with Crippen LogP contribution in [0.25, 0.3) is 11.2 Å². The maximum atomic E-state index is 11.4. The Labute approximate surface area is 153 Å².